The van der Waals surface area contributed by atoms with Crippen molar-refractivity contribution in [2.45, 2.75) is 64.0 Å². The van der Waals surface area contributed by atoms with Crippen LogP contribution in [0, 0.1) is 0 Å². The average molecular weight is 400 g/mol. The van der Waals surface area contributed by atoms with Gasteiger partial charge < -0.3 is 9.88 Å². The molecule has 0 saturated heterocycles. The van der Waals surface area contributed by atoms with E-state index in [0.29, 0.717) is 5.92 Å². The molecule has 4 heterocycles. The smallest absolute Gasteiger partial charge is 0.258 e. The molecular formula is C26H29N3O. The molecule has 0 radical (unpaired) electrons. The van der Waals surface area contributed by atoms with Gasteiger partial charge in [0.2, 0.25) is 0 Å². The molecule has 0 fully saturated rings. The zero-order valence-corrected chi connectivity index (χ0v) is 18.2. The number of aromatic nitrogens is 1. The number of aromatic amines is 1. The second-order valence-electron chi connectivity index (χ2n) is 9.94. The van der Waals surface area contributed by atoms with Crippen LogP contribution in [-0.2, 0) is 23.2 Å². The standard InChI is InChI=1S/C26H29N3O/c1-5-16-12-19-15(2)14-25(3,4)29-22(19)20(13-16)26(24(29)30)23-18(10-11-27-26)17-8-6-7-9-21(17)28-23/h6-9,12-13,15,27-28H,5,10-11,14H2,1-4H3/t15-,26-/m1/s1. The maximum Gasteiger partial charge on any atom is 0.258 e. The molecule has 1 spiro atoms. The van der Waals surface area contributed by atoms with Gasteiger partial charge in [0.15, 0.2) is 5.54 Å². The first-order valence-electron chi connectivity index (χ1n) is 11.3. The van der Waals surface area contributed by atoms with Crippen molar-refractivity contribution in [1.82, 2.24) is 10.3 Å². The topological polar surface area (TPSA) is 48.1 Å². The van der Waals surface area contributed by atoms with E-state index in [1.54, 1.807) is 0 Å². The van der Waals surface area contributed by atoms with E-state index in [2.05, 4.69) is 79.3 Å². The molecule has 4 nitrogen and oxygen atoms in total. The summed E-state index contributed by atoms with van der Waals surface area (Å²) in [6.07, 6.45) is 2.89. The van der Waals surface area contributed by atoms with Crippen molar-refractivity contribution in [3.63, 3.8) is 0 Å². The quantitative estimate of drug-likeness (QED) is 0.620. The lowest BCUT2D eigenvalue weighted by molar-refractivity contribution is -0.124. The molecule has 1 amide bonds. The summed E-state index contributed by atoms with van der Waals surface area (Å²) in [4.78, 5) is 20.1. The third kappa shape index (κ3) is 2.03. The van der Waals surface area contributed by atoms with Crippen molar-refractivity contribution >= 4 is 22.5 Å². The number of fused-ring (bicyclic) bond motifs is 5. The van der Waals surface area contributed by atoms with Crippen LogP contribution in [0.4, 0.5) is 5.69 Å². The molecule has 0 aliphatic carbocycles. The van der Waals surface area contributed by atoms with Gasteiger partial charge in [0.05, 0.1) is 11.4 Å². The highest BCUT2D eigenvalue weighted by atomic mass is 16.2. The van der Waals surface area contributed by atoms with Crippen LogP contribution in [0.1, 0.15) is 68.0 Å². The van der Waals surface area contributed by atoms with Gasteiger partial charge in [-0.3, -0.25) is 10.1 Å². The number of amides is 1. The molecule has 0 unspecified atom stereocenters. The van der Waals surface area contributed by atoms with Gasteiger partial charge in [-0.05, 0) is 61.8 Å². The molecule has 4 heteroatoms. The number of nitrogens with one attached hydrogen (secondary N) is 2. The number of aryl methyl sites for hydroxylation is 1. The first kappa shape index (κ1) is 18.2. The Morgan fingerprint density at radius 1 is 1.20 bits per heavy atom. The Kier molecular flexibility index (Phi) is 3.49. The van der Waals surface area contributed by atoms with E-state index in [-0.39, 0.29) is 11.4 Å². The number of H-pyrrole nitrogens is 1. The fraction of sp³-hybridized carbons (Fsp3) is 0.423. The first-order valence-corrected chi connectivity index (χ1v) is 11.3. The molecule has 0 saturated carbocycles. The van der Waals surface area contributed by atoms with Crippen LogP contribution < -0.4 is 10.2 Å². The number of benzene rings is 2. The number of para-hydroxylation sites is 1. The van der Waals surface area contributed by atoms with Crippen LogP contribution in [0.2, 0.25) is 0 Å². The summed E-state index contributed by atoms with van der Waals surface area (Å²) in [5.41, 5.74) is 7.38. The van der Waals surface area contributed by atoms with Gasteiger partial charge in [0, 0.05) is 28.6 Å². The molecule has 6 rings (SSSR count). The molecule has 1 aromatic heterocycles. The minimum atomic E-state index is -0.816. The second-order valence-corrected chi connectivity index (χ2v) is 9.94. The van der Waals surface area contributed by atoms with Crippen LogP contribution in [0.25, 0.3) is 10.9 Å². The molecule has 2 aromatic carbocycles. The minimum absolute atomic E-state index is 0.177. The Bertz CT molecular complexity index is 1220. The van der Waals surface area contributed by atoms with Crippen LogP contribution in [0.3, 0.4) is 0 Å². The number of hydrogen-bond acceptors (Lipinski definition) is 2. The van der Waals surface area contributed by atoms with E-state index in [1.165, 1.54) is 22.1 Å². The molecule has 2 atom stereocenters. The van der Waals surface area contributed by atoms with Crippen LogP contribution in [0.15, 0.2) is 36.4 Å². The summed E-state index contributed by atoms with van der Waals surface area (Å²) >= 11 is 0. The van der Waals surface area contributed by atoms with E-state index >= 15 is 0 Å². The zero-order valence-electron chi connectivity index (χ0n) is 18.2. The lowest BCUT2D eigenvalue weighted by Crippen LogP contribution is -2.59. The van der Waals surface area contributed by atoms with Crippen molar-refractivity contribution < 1.29 is 4.79 Å². The van der Waals surface area contributed by atoms with E-state index in [9.17, 15) is 4.79 Å². The molecule has 3 aliphatic heterocycles. The number of carbonyl (C=O) groups excluding carboxylic acids is 1. The van der Waals surface area contributed by atoms with Crippen LogP contribution in [-0.4, -0.2) is 23.0 Å². The van der Waals surface area contributed by atoms with Crippen molar-refractivity contribution in [2.75, 3.05) is 11.4 Å². The summed E-state index contributed by atoms with van der Waals surface area (Å²) in [6.45, 7) is 9.75. The van der Waals surface area contributed by atoms with Crippen molar-refractivity contribution in [2.24, 2.45) is 0 Å². The molecule has 3 aromatic rings. The Morgan fingerprint density at radius 3 is 2.80 bits per heavy atom. The molecule has 0 bridgehead atoms. The number of anilines is 1. The third-order valence-corrected chi connectivity index (χ3v) is 7.65. The normalized spacial score (nSPS) is 26.3. The van der Waals surface area contributed by atoms with Gasteiger partial charge >= 0.3 is 0 Å². The lowest BCUT2D eigenvalue weighted by atomic mass is 9.78. The molecule has 3 aliphatic rings. The Morgan fingerprint density at radius 2 is 2.00 bits per heavy atom. The van der Waals surface area contributed by atoms with Crippen molar-refractivity contribution in [3.05, 3.63) is 64.3 Å². The predicted molar refractivity (Wildman–Crippen MR) is 121 cm³/mol. The van der Waals surface area contributed by atoms with Crippen molar-refractivity contribution in [3.8, 4) is 0 Å². The number of nitrogens with zero attached hydrogens (tertiary/aromatic N) is 1. The lowest BCUT2D eigenvalue weighted by Gasteiger charge is -2.44. The predicted octanol–water partition coefficient (Wildman–Crippen LogP) is 4.75. The monoisotopic (exact) mass is 399 g/mol. The third-order valence-electron chi connectivity index (χ3n) is 7.65. The van der Waals surface area contributed by atoms with Crippen LogP contribution in [0.5, 0.6) is 0 Å². The first-order chi connectivity index (χ1) is 14.4. The highest BCUT2D eigenvalue weighted by molar-refractivity contribution is 6.13. The van der Waals surface area contributed by atoms with Gasteiger partial charge in [0.1, 0.15) is 0 Å². The number of hydrogen-bond donors (Lipinski definition) is 2. The summed E-state index contributed by atoms with van der Waals surface area (Å²) in [6, 6.07) is 13.1. The highest BCUT2D eigenvalue weighted by Gasteiger charge is 2.60. The fourth-order valence-corrected chi connectivity index (χ4v) is 6.40. The maximum absolute atomic E-state index is 14.4. The van der Waals surface area contributed by atoms with Gasteiger partial charge in [-0.2, -0.15) is 0 Å². The van der Waals surface area contributed by atoms with Gasteiger partial charge in [-0.15, -0.1) is 0 Å². The summed E-state index contributed by atoms with van der Waals surface area (Å²) in [5.74, 6) is 0.613. The summed E-state index contributed by atoms with van der Waals surface area (Å²) < 4.78 is 0. The van der Waals surface area contributed by atoms with E-state index in [1.807, 2.05) is 0 Å². The number of carbonyl (C=O) groups is 1. The zero-order chi connectivity index (χ0) is 20.8. The van der Waals surface area contributed by atoms with E-state index in [4.69, 9.17) is 0 Å². The summed E-state index contributed by atoms with van der Waals surface area (Å²) in [5, 5.41) is 4.96. The van der Waals surface area contributed by atoms with Crippen molar-refractivity contribution in [1.29, 1.82) is 0 Å². The Hall–Kier alpha value is -2.59. The Balaban J connectivity index is 1.73. The molecule has 2 N–H and O–H groups in total. The van der Waals surface area contributed by atoms with Gasteiger partial charge in [-0.25, -0.2) is 0 Å². The number of rotatable bonds is 1. The summed E-state index contributed by atoms with van der Waals surface area (Å²) in [7, 11) is 0. The van der Waals surface area contributed by atoms with Gasteiger partial charge in [-0.1, -0.05) is 44.2 Å². The molecule has 154 valence electrons. The Labute approximate surface area is 177 Å². The van der Waals surface area contributed by atoms with E-state index < -0.39 is 5.54 Å². The average Bonchev–Trinajstić information content (AvgIpc) is 3.22. The minimum Gasteiger partial charge on any atom is -0.356 e. The molecule has 30 heavy (non-hydrogen) atoms. The fourth-order valence-electron chi connectivity index (χ4n) is 6.40. The van der Waals surface area contributed by atoms with Gasteiger partial charge in [0.25, 0.3) is 5.91 Å². The van der Waals surface area contributed by atoms with Crippen LogP contribution >= 0.6 is 0 Å². The molecular weight excluding hydrogens is 370 g/mol. The largest absolute Gasteiger partial charge is 0.356 e. The highest BCUT2D eigenvalue weighted by Crippen LogP contribution is 2.56. The van der Waals surface area contributed by atoms with E-state index in [0.717, 1.165) is 48.3 Å². The second kappa shape index (κ2) is 5.76. The maximum atomic E-state index is 14.4. The SMILES string of the molecule is CCc1cc2c3c(c1)[C@]1(NCCc4c1[nH]c1ccccc41)C(=O)N3C(C)(C)C[C@H]2C.